The molecule has 0 aliphatic carbocycles. The number of carbonyl (C=O) groups is 2. The second-order valence-electron chi connectivity index (χ2n) is 5.90. The topological polar surface area (TPSA) is 84.9 Å². The summed E-state index contributed by atoms with van der Waals surface area (Å²) in [7, 11) is 0. The fraction of sp³-hybridized carbons (Fsp3) is 0.263. The van der Waals surface area contributed by atoms with E-state index in [0.717, 1.165) is 5.56 Å². The highest BCUT2D eigenvalue weighted by Crippen LogP contribution is 2.33. The lowest BCUT2D eigenvalue weighted by atomic mass is 10.1. The molecule has 0 spiro atoms. The SMILES string of the molecule is CC1Oc2ccccc2OC1C(=O)NC(Cc1ccccc1)C(=O)O. The molecule has 0 saturated heterocycles. The monoisotopic (exact) mass is 341 g/mol. The molecule has 130 valence electrons. The van der Waals surface area contributed by atoms with Gasteiger partial charge in [0.2, 0.25) is 6.10 Å². The Morgan fingerprint density at radius 1 is 1.04 bits per heavy atom. The third kappa shape index (κ3) is 3.91. The van der Waals surface area contributed by atoms with Gasteiger partial charge >= 0.3 is 5.97 Å². The van der Waals surface area contributed by atoms with Gasteiger partial charge in [0.1, 0.15) is 12.1 Å². The molecule has 2 N–H and O–H groups in total. The average Bonchev–Trinajstić information content (AvgIpc) is 2.61. The van der Waals surface area contributed by atoms with E-state index in [9.17, 15) is 14.7 Å². The second kappa shape index (κ2) is 7.25. The molecule has 3 atom stereocenters. The van der Waals surface area contributed by atoms with Crippen molar-refractivity contribution in [1.82, 2.24) is 5.32 Å². The summed E-state index contributed by atoms with van der Waals surface area (Å²) in [6.45, 7) is 1.72. The van der Waals surface area contributed by atoms with E-state index in [1.165, 1.54) is 0 Å². The van der Waals surface area contributed by atoms with Gasteiger partial charge in [-0.05, 0) is 24.6 Å². The molecule has 2 aromatic rings. The number of amides is 1. The van der Waals surface area contributed by atoms with Gasteiger partial charge in [0.15, 0.2) is 11.5 Å². The van der Waals surface area contributed by atoms with Gasteiger partial charge in [-0.2, -0.15) is 0 Å². The van der Waals surface area contributed by atoms with Crippen LogP contribution in [0.1, 0.15) is 12.5 Å². The third-order valence-corrected chi connectivity index (χ3v) is 4.00. The number of nitrogens with one attached hydrogen (secondary N) is 1. The summed E-state index contributed by atoms with van der Waals surface area (Å²) in [6.07, 6.45) is -1.24. The van der Waals surface area contributed by atoms with Crippen molar-refractivity contribution in [3.63, 3.8) is 0 Å². The normalized spacial score (nSPS) is 19.7. The van der Waals surface area contributed by atoms with E-state index in [-0.39, 0.29) is 6.42 Å². The number of rotatable bonds is 5. The van der Waals surface area contributed by atoms with E-state index >= 15 is 0 Å². The fourth-order valence-electron chi connectivity index (χ4n) is 2.71. The maximum atomic E-state index is 12.5. The van der Waals surface area contributed by atoms with Crippen LogP contribution in [0.25, 0.3) is 0 Å². The van der Waals surface area contributed by atoms with Crippen LogP contribution in [0.5, 0.6) is 11.5 Å². The highest BCUT2D eigenvalue weighted by Gasteiger charge is 2.36. The first-order valence-corrected chi connectivity index (χ1v) is 8.04. The highest BCUT2D eigenvalue weighted by molar-refractivity contribution is 5.87. The van der Waals surface area contributed by atoms with Crippen LogP contribution in [-0.4, -0.2) is 35.2 Å². The van der Waals surface area contributed by atoms with Crippen molar-refractivity contribution in [3.05, 3.63) is 60.2 Å². The number of carbonyl (C=O) groups excluding carboxylic acids is 1. The standard InChI is InChI=1S/C19H19NO5/c1-12-17(25-16-10-6-5-9-15(16)24-12)18(21)20-14(19(22)23)11-13-7-3-2-4-8-13/h2-10,12,14,17H,11H2,1H3,(H,20,21)(H,22,23). The number of aliphatic carboxylic acids is 1. The molecule has 0 bridgehead atoms. The molecule has 1 aliphatic rings. The molecule has 0 fully saturated rings. The maximum absolute atomic E-state index is 12.5. The summed E-state index contributed by atoms with van der Waals surface area (Å²) >= 11 is 0. The highest BCUT2D eigenvalue weighted by atomic mass is 16.6. The molecule has 1 heterocycles. The van der Waals surface area contributed by atoms with Crippen LogP contribution < -0.4 is 14.8 Å². The van der Waals surface area contributed by atoms with Crippen molar-refractivity contribution in [3.8, 4) is 11.5 Å². The molecule has 0 aromatic heterocycles. The van der Waals surface area contributed by atoms with E-state index in [2.05, 4.69) is 5.32 Å². The molecule has 3 rings (SSSR count). The van der Waals surface area contributed by atoms with Crippen LogP contribution in [-0.2, 0) is 16.0 Å². The first-order chi connectivity index (χ1) is 12.0. The Kier molecular flexibility index (Phi) is 4.88. The lowest BCUT2D eigenvalue weighted by Gasteiger charge is -2.31. The van der Waals surface area contributed by atoms with E-state index in [1.54, 1.807) is 25.1 Å². The summed E-state index contributed by atoms with van der Waals surface area (Å²) in [6, 6.07) is 15.2. The minimum atomic E-state index is -1.10. The summed E-state index contributed by atoms with van der Waals surface area (Å²) < 4.78 is 11.4. The lowest BCUT2D eigenvalue weighted by molar-refractivity contribution is -0.144. The van der Waals surface area contributed by atoms with Crippen molar-refractivity contribution in [2.75, 3.05) is 0 Å². The van der Waals surface area contributed by atoms with Crippen LogP contribution in [0.4, 0.5) is 0 Å². The van der Waals surface area contributed by atoms with Crippen LogP contribution in [0, 0.1) is 0 Å². The average molecular weight is 341 g/mol. The quantitative estimate of drug-likeness (QED) is 0.869. The zero-order valence-electron chi connectivity index (χ0n) is 13.7. The number of hydrogen-bond donors (Lipinski definition) is 2. The number of fused-ring (bicyclic) bond motifs is 1. The first kappa shape index (κ1) is 16.8. The van der Waals surface area contributed by atoms with E-state index in [0.29, 0.717) is 11.5 Å². The fourth-order valence-corrected chi connectivity index (χ4v) is 2.71. The van der Waals surface area contributed by atoms with Gasteiger partial charge < -0.3 is 19.9 Å². The molecular weight excluding hydrogens is 322 g/mol. The molecule has 25 heavy (non-hydrogen) atoms. The van der Waals surface area contributed by atoms with E-state index in [1.807, 2.05) is 36.4 Å². The van der Waals surface area contributed by atoms with Crippen LogP contribution in [0.3, 0.4) is 0 Å². The summed E-state index contributed by atoms with van der Waals surface area (Å²) in [5.41, 5.74) is 0.828. The predicted octanol–water partition coefficient (Wildman–Crippen LogP) is 2.03. The van der Waals surface area contributed by atoms with Crippen molar-refractivity contribution in [2.45, 2.75) is 31.6 Å². The summed E-state index contributed by atoms with van der Waals surface area (Å²) in [5, 5.41) is 12.0. The zero-order chi connectivity index (χ0) is 17.8. The van der Waals surface area contributed by atoms with Gasteiger partial charge in [-0.1, -0.05) is 42.5 Å². The van der Waals surface area contributed by atoms with Gasteiger partial charge in [0.05, 0.1) is 0 Å². The number of hydrogen-bond acceptors (Lipinski definition) is 4. The number of para-hydroxylation sites is 2. The molecule has 0 radical (unpaired) electrons. The Balaban J connectivity index is 1.70. The van der Waals surface area contributed by atoms with Crippen molar-refractivity contribution in [1.29, 1.82) is 0 Å². The summed E-state index contributed by atoms with van der Waals surface area (Å²) in [4.78, 5) is 24.1. The molecule has 0 saturated carbocycles. The Morgan fingerprint density at radius 3 is 2.28 bits per heavy atom. The minimum absolute atomic E-state index is 0.195. The number of carboxylic acid groups (broad SMARTS) is 1. The van der Waals surface area contributed by atoms with Crippen molar-refractivity contribution >= 4 is 11.9 Å². The Hall–Kier alpha value is -3.02. The predicted molar refractivity (Wildman–Crippen MR) is 90.7 cm³/mol. The Bertz CT molecular complexity index is 761. The van der Waals surface area contributed by atoms with Gasteiger partial charge in [-0.15, -0.1) is 0 Å². The Labute approximate surface area is 145 Å². The van der Waals surface area contributed by atoms with Gasteiger partial charge in [-0.3, -0.25) is 4.79 Å². The van der Waals surface area contributed by atoms with Gasteiger partial charge in [-0.25, -0.2) is 4.79 Å². The number of ether oxygens (including phenoxy) is 2. The first-order valence-electron chi connectivity index (χ1n) is 8.04. The van der Waals surface area contributed by atoms with Crippen LogP contribution in [0.15, 0.2) is 54.6 Å². The molecule has 3 unspecified atom stereocenters. The smallest absolute Gasteiger partial charge is 0.326 e. The molecular formula is C19H19NO5. The van der Waals surface area contributed by atoms with Crippen LogP contribution in [0.2, 0.25) is 0 Å². The molecule has 1 amide bonds. The van der Waals surface area contributed by atoms with Crippen molar-refractivity contribution in [2.24, 2.45) is 0 Å². The second-order valence-corrected chi connectivity index (χ2v) is 5.90. The lowest BCUT2D eigenvalue weighted by Crippen LogP contribution is -2.53. The maximum Gasteiger partial charge on any atom is 0.326 e. The van der Waals surface area contributed by atoms with E-state index in [4.69, 9.17) is 9.47 Å². The largest absolute Gasteiger partial charge is 0.482 e. The number of benzene rings is 2. The van der Waals surface area contributed by atoms with E-state index < -0.39 is 30.1 Å². The Morgan fingerprint density at radius 2 is 1.64 bits per heavy atom. The number of carboxylic acids is 1. The zero-order valence-corrected chi connectivity index (χ0v) is 13.7. The summed E-state index contributed by atoms with van der Waals surface area (Å²) in [5.74, 6) is -0.568. The van der Waals surface area contributed by atoms with Crippen molar-refractivity contribution < 1.29 is 24.2 Å². The minimum Gasteiger partial charge on any atom is -0.482 e. The molecule has 2 aromatic carbocycles. The van der Waals surface area contributed by atoms with Gasteiger partial charge in [0, 0.05) is 6.42 Å². The molecule has 6 nitrogen and oxygen atoms in total. The third-order valence-electron chi connectivity index (χ3n) is 4.00. The molecule has 6 heteroatoms. The van der Waals surface area contributed by atoms with Crippen LogP contribution >= 0.6 is 0 Å². The van der Waals surface area contributed by atoms with Gasteiger partial charge in [0.25, 0.3) is 5.91 Å². The molecule has 1 aliphatic heterocycles.